The Morgan fingerprint density at radius 2 is 1.94 bits per heavy atom. The largest absolute Gasteiger partial charge is 0.333 e. The molecule has 2 N–H and O–H groups in total. The normalized spacial score (nSPS) is 16.6. The molecule has 5 nitrogen and oxygen atoms in total. The van der Waals surface area contributed by atoms with Crippen molar-refractivity contribution >= 4 is 11.8 Å². The van der Waals surface area contributed by atoms with Crippen molar-refractivity contribution in [2.24, 2.45) is 5.92 Å². The highest BCUT2D eigenvalue weighted by atomic mass is 16.5. The van der Waals surface area contributed by atoms with E-state index >= 15 is 0 Å². The Morgan fingerprint density at radius 1 is 1.29 bits per heavy atom. The molecule has 1 rings (SSSR count). The summed E-state index contributed by atoms with van der Waals surface area (Å²) in [6.07, 6.45) is 6.08. The Bertz CT molecular complexity index is 262. The van der Waals surface area contributed by atoms with Crippen LogP contribution >= 0.6 is 0 Å². The zero-order valence-corrected chi connectivity index (χ0v) is 10.4. The molecule has 1 fully saturated rings. The zero-order valence-electron chi connectivity index (χ0n) is 10.4. The van der Waals surface area contributed by atoms with Crippen LogP contribution in [0.5, 0.6) is 0 Å². The van der Waals surface area contributed by atoms with Gasteiger partial charge in [0.1, 0.15) is 6.54 Å². The minimum Gasteiger partial charge on any atom is -0.333 e. The quantitative estimate of drug-likeness (QED) is 0.564. The highest BCUT2D eigenvalue weighted by molar-refractivity contribution is 5.85. The zero-order chi connectivity index (χ0) is 12.7. The summed E-state index contributed by atoms with van der Waals surface area (Å²) in [5.74, 6) is -0.389. The van der Waals surface area contributed by atoms with Gasteiger partial charge in [-0.25, -0.2) is 5.48 Å². The van der Waals surface area contributed by atoms with Gasteiger partial charge in [-0.05, 0) is 19.3 Å². The fraction of sp³-hybridized carbons (Fsp3) is 0.833. The lowest BCUT2D eigenvalue weighted by atomic mass is 9.88. The van der Waals surface area contributed by atoms with Gasteiger partial charge < -0.3 is 4.90 Å². The highest BCUT2D eigenvalue weighted by Gasteiger charge is 2.26. The molecule has 0 aromatic heterocycles. The number of hydrogen-bond acceptors (Lipinski definition) is 3. The van der Waals surface area contributed by atoms with Crippen molar-refractivity contribution in [2.75, 3.05) is 13.1 Å². The number of nitrogens with one attached hydrogen (secondary N) is 1. The smallest absolute Gasteiger partial charge is 0.262 e. The Balaban J connectivity index is 2.55. The first-order valence-corrected chi connectivity index (χ1v) is 6.40. The molecule has 0 aromatic carbocycles. The number of hydrogen-bond donors (Lipinski definition) is 2. The van der Waals surface area contributed by atoms with E-state index in [0.29, 0.717) is 6.54 Å². The molecule has 0 unspecified atom stereocenters. The summed E-state index contributed by atoms with van der Waals surface area (Å²) < 4.78 is 0. The third-order valence-corrected chi connectivity index (χ3v) is 3.22. The van der Waals surface area contributed by atoms with Gasteiger partial charge in [-0.2, -0.15) is 0 Å². The molecular weight excluding hydrogens is 220 g/mol. The second-order valence-electron chi connectivity index (χ2n) is 4.63. The molecule has 2 amide bonds. The summed E-state index contributed by atoms with van der Waals surface area (Å²) in [5, 5.41) is 8.51. The number of carbonyl (C=O) groups excluding carboxylic acids is 2. The van der Waals surface area contributed by atoms with Crippen molar-refractivity contribution in [3.63, 3.8) is 0 Å². The lowest BCUT2D eigenvalue weighted by Crippen LogP contribution is -2.43. The van der Waals surface area contributed by atoms with E-state index in [2.05, 4.69) is 0 Å². The third kappa shape index (κ3) is 4.34. The van der Waals surface area contributed by atoms with Gasteiger partial charge in [0.15, 0.2) is 0 Å². The summed E-state index contributed by atoms with van der Waals surface area (Å²) in [6.45, 7) is 2.50. The van der Waals surface area contributed by atoms with Crippen LogP contribution in [0.2, 0.25) is 0 Å². The number of amides is 2. The molecule has 0 bridgehead atoms. The van der Waals surface area contributed by atoms with Crippen LogP contribution in [0.1, 0.15) is 45.4 Å². The average Bonchev–Trinajstić information content (AvgIpc) is 2.38. The predicted molar refractivity (Wildman–Crippen MR) is 63.4 cm³/mol. The fourth-order valence-corrected chi connectivity index (χ4v) is 2.35. The van der Waals surface area contributed by atoms with Crippen LogP contribution in [0.15, 0.2) is 0 Å². The van der Waals surface area contributed by atoms with Crippen molar-refractivity contribution in [3.8, 4) is 0 Å². The summed E-state index contributed by atoms with van der Waals surface area (Å²) in [7, 11) is 0. The maximum atomic E-state index is 12.2. The summed E-state index contributed by atoms with van der Waals surface area (Å²) in [4.78, 5) is 24.9. The summed E-state index contributed by atoms with van der Waals surface area (Å²) in [5.41, 5.74) is 1.58. The molecule has 1 aliphatic carbocycles. The lowest BCUT2D eigenvalue weighted by molar-refractivity contribution is -0.142. The molecule has 98 valence electrons. The van der Waals surface area contributed by atoms with Crippen molar-refractivity contribution < 1.29 is 14.8 Å². The maximum Gasteiger partial charge on any atom is 0.262 e. The fourth-order valence-electron chi connectivity index (χ4n) is 2.35. The first kappa shape index (κ1) is 14.0. The number of rotatable bonds is 5. The minimum absolute atomic E-state index is 0.0420. The molecule has 5 heteroatoms. The summed E-state index contributed by atoms with van der Waals surface area (Å²) in [6, 6.07) is 0. The van der Waals surface area contributed by atoms with Gasteiger partial charge in [0.2, 0.25) is 5.91 Å². The minimum atomic E-state index is -0.525. The Kier molecular flexibility index (Phi) is 5.97. The Hall–Kier alpha value is -1.10. The van der Waals surface area contributed by atoms with Crippen molar-refractivity contribution in [2.45, 2.75) is 45.4 Å². The molecule has 0 spiro atoms. The van der Waals surface area contributed by atoms with E-state index in [1.807, 2.05) is 6.92 Å². The molecule has 0 radical (unpaired) electrons. The van der Waals surface area contributed by atoms with E-state index in [1.54, 1.807) is 10.4 Å². The highest BCUT2D eigenvalue weighted by Crippen LogP contribution is 2.25. The van der Waals surface area contributed by atoms with Crippen LogP contribution in [-0.2, 0) is 9.59 Å². The Morgan fingerprint density at radius 3 is 2.47 bits per heavy atom. The molecule has 1 aliphatic rings. The van der Waals surface area contributed by atoms with Crippen LogP contribution in [0.4, 0.5) is 0 Å². The second kappa shape index (κ2) is 7.27. The van der Waals surface area contributed by atoms with Crippen LogP contribution in [0.25, 0.3) is 0 Å². The molecule has 0 aromatic rings. The van der Waals surface area contributed by atoms with E-state index in [4.69, 9.17) is 5.21 Å². The average molecular weight is 242 g/mol. The van der Waals surface area contributed by atoms with Crippen LogP contribution in [0.3, 0.4) is 0 Å². The second-order valence-corrected chi connectivity index (χ2v) is 4.63. The topological polar surface area (TPSA) is 69.6 Å². The van der Waals surface area contributed by atoms with Gasteiger partial charge in [-0.3, -0.25) is 14.8 Å². The van der Waals surface area contributed by atoms with Gasteiger partial charge in [-0.15, -0.1) is 0 Å². The van der Waals surface area contributed by atoms with E-state index in [0.717, 1.165) is 32.1 Å². The van der Waals surface area contributed by atoms with Crippen molar-refractivity contribution in [1.29, 1.82) is 0 Å². The van der Waals surface area contributed by atoms with Gasteiger partial charge >= 0.3 is 0 Å². The third-order valence-electron chi connectivity index (χ3n) is 3.22. The monoisotopic (exact) mass is 242 g/mol. The van der Waals surface area contributed by atoms with Gasteiger partial charge in [0, 0.05) is 12.5 Å². The Labute approximate surface area is 102 Å². The van der Waals surface area contributed by atoms with Crippen LogP contribution < -0.4 is 5.48 Å². The molecular formula is C12H22N2O3. The van der Waals surface area contributed by atoms with E-state index in [1.165, 1.54) is 6.42 Å². The maximum absolute atomic E-state index is 12.2. The molecule has 0 atom stereocenters. The van der Waals surface area contributed by atoms with E-state index in [-0.39, 0.29) is 18.4 Å². The number of nitrogens with zero attached hydrogens (tertiary/aromatic N) is 1. The lowest BCUT2D eigenvalue weighted by Gasteiger charge is -2.28. The van der Waals surface area contributed by atoms with Crippen LogP contribution in [-0.4, -0.2) is 35.0 Å². The first-order chi connectivity index (χ1) is 8.19. The number of hydroxylamine groups is 1. The first-order valence-electron chi connectivity index (χ1n) is 6.40. The molecule has 1 saturated carbocycles. The predicted octanol–water partition coefficient (Wildman–Crippen LogP) is 1.31. The molecule has 0 saturated heterocycles. The standard InChI is InChI=1S/C12H22N2O3/c1-2-8-14(9-11(15)13-17)12(16)10-6-4-3-5-7-10/h10,17H,2-9H2,1H3,(H,13,15). The molecule has 0 heterocycles. The SMILES string of the molecule is CCCN(CC(=O)NO)C(=O)C1CCCCC1. The van der Waals surface area contributed by atoms with Gasteiger partial charge in [0.05, 0.1) is 0 Å². The van der Waals surface area contributed by atoms with Gasteiger partial charge in [-0.1, -0.05) is 26.2 Å². The number of carbonyl (C=O) groups is 2. The van der Waals surface area contributed by atoms with Crippen molar-refractivity contribution in [1.82, 2.24) is 10.4 Å². The summed E-state index contributed by atoms with van der Waals surface area (Å²) >= 11 is 0. The van der Waals surface area contributed by atoms with E-state index in [9.17, 15) is 9.59 Å². The van der Waals surface area contributed by atoms with E-state index < -0.39 is 5.91 Å². The van der Waals surface area contributed by atoms with Crippen molar-refractivity contribution in [3.05, 3.63) is 0 Å². The molecule has 0 aliphatic heterocycles. The molecule has 17 heavy (non-hydrogen) atoms. The van der Waals surface area contributed by atoms with Gasteiger partial charge in [0.25, 0.3) is 5.91 Å². The van der Waals surface area contributed by atoms with Crippen LogP contribution in [0, 0.1) is 5.92 Å².